The summed E-state index contributed by atoms with van der Waals surface area (Å²) >= 11 is 0. The first-order chi connectivity index (χ1) is 52.9. The van der Waals surface area contributed by atoms with Crippen LogP contribution in [0, 0.1) is 41.2 Å². The molecule has 616 valence electrons. The van der Waals surface area contributed by atoms with Crippen LogP contribution in [0.1, 0.15) is 119 Å². The average Bonchev–Trinajstić information content (AvgIpc) is 1.74. The number of carbonyl (C=O) groups excluding carboxylic acids is 7. The predicted octanol–water partition coefficient (Wildman–Crippen LogP) is 8.09. The highest BCUT2D eigenvalue weighted by Crippen LogP contribution is 2.47. The molecular weight excluding hydrogens is 1540 g/mol. The van der Waals surface area contributed by atoms with E-state index in [1.807, 2.05) is 5.32 Å². The molecule has 0 saturated carbocycles. The minimum Gasteiger partial charge on any atom is -0.467 e. The number of rotatable bonds is 29. The molecular formula is C73H87F10N12O17P. The van der Waals surface area contributed by atoms with E-state index in [4.69, 9.17) is 23.5 Å². The Morgan fingerprint density at radius 1 is 0.743 bits per heavy atom. The van der Waals surface area contributed by atoms with Gasteiger partial charge in [-0.15, -0.1) is 0 Å². The second-order valence-corrected chi connectivity index (χ2v) is 30.8. The number of amides is 5. The zero-order valence-electron chi connectivity index (χ0n) is 63.0. The van der Waals surface area contributed by atoms with Gasteiger partial charge in [0.1, 0.15) is 41.1 Å². The number of benzene rings is 3. The number of fused-ring (bicyclic) bond motifs is 2. The van der Waals surface area contributed by atoms with E-state index in [9.17, 15) is 47.1 Å². The molecule has 6 atom stereocenters. The third kappa shape index (κ3) is 21.2. The zero-order chi connectivity index (χ0) is 83.1. The normalized spacial score (nSPS) is 18.0. The summed E-state index contributed by atoms with van der Waals surface area (Å²) in [6, 6.07) is 3.76. The van der Waals surface area contributed by atoms with E-state index in [2.05, 4.69) is 62.2 Å². The van der Waals surface area contributed by atoms with Gasteiger partial charge in [0.05, 0.1) is 88.1 Å². The molecule has 2 unspecified atom stereocenters. The zero-order valence-corrected chi connectivity index (χ0v) is 63.9. The molecule has 4 saturated heterocycles. The van der Waals surface area contributed by atoms with Crippen molar-refractivity contribution in [1.29, 1.82) is 0 Å². The Balaban J connectivity index is 1.17. The van der Waals surface area contributed by atoms with E-state index in [-0.39, 0.29) is 53.0 Å². The van der Waals surface area contributed by atoms with Gasteiger partial charge in [0, 0.05) is 104 Å². The number of piperazine rings is 1. The Bertz CT molecular complexity index is 4380. The first kappa shape index (κ1) is 87.3. The van der Waals surface area contributed by atoms with Crippen molar-refractivity contribution in [2.24, 2.45) is 10.8 Å². The minimum absolute atomic E-state index is 0.00274. The number of nitrogens with one attached hydrogen (secondary N) is 5. The van der Waals surface area contributed by atoms with Crippen molar-refractivity contribution in [1.82, 2.24) is 56.4 Å². The topological polar surface area (TPSA) is 355 Å². The number of hydrogen-bond acceptors (Lipinski definition) is 21. The maximum atomic E-state index is 16.9. The molecule has 3 aromatic carbocycles. The number of hydrogen-bond donors (Lipinski definition) is 7. The second-order valence-electron chi connectivity index (χ2n) is 29.7. The van der Waals surface area contributed by atoms with E-state index in [0.29, 0.717) is 106 Å². The number of alkyl halides is 8. The van der Waals surface area contributed by atoms with E-state index in [1.54, 1.807) is 5.32 Å². The quantitative estimate of drug-likeness (QED) is 0.00593. The molecule has 4 aliphatic heterocycles. The molecule has 7 N–H and O–H groups in total. The fourth-order valence-electron chi connectivity index (χ4n) is 14.0. The lowest BCUT2D eigenvalue weighted by Gasteiger charge is -2.47. The fraction of sp³-hybridized carbons (Fsp3) is 0.534. The Hall–Kier alpha value is -9.71. The van der Waals surface area contributed by atoms with Crippen LogP contribution >= 0.6 is 7.82 Å². The minimum atomic E-state index is -5.60. The van der Waals surface area contributed by atoms with Gasteiger partial charge < -0.3 is 59.1 Å². The lowest BCUT2D eigenvalue weighted by Crippen LogP contribution is -2.64. The fourth-order valence-corrected chi connectivity index (χ4v) is 14.4. The number of anilines is 1. The Labute approximate surface area is 642 Å². The van der Waals surface area contributed by atoms with Crippen LogP contribution in [0.4, 0.5) is 59.4 Å². The van der Waals surface area contributed by atoms with Crippen molar-refractivity contribution in [3.63, 3.8) is 0 Å². The summed E-state index contributed by atoms with van der Waals surface area (Å²) in [4.78, 5) is 134. The molecule has 0 aliphatic carbocycles. The molecule has 0 spiro atoms. The standard InChI is InChI=1S/C73H87F10N12O17P/c1-40-25-45(30-56(96)89-71(63(100)106-8)20-23-109-24-21-71)58(54(26-40)112-113(103,104)105)68(2,3)31-57(97)111-55(37-93(91-62(99)60(88-67(102)108-10)70(6,7)73(81,82)83)36-49-50(74)28-44(29-51(49)75)52-19-22-94(90-52)64(76)77)53(86-61(98)59(87-66(101)107-9)69(4,5)72(78,79)80)27-42-14-11-41(12-15-42)13-16-43-32-84-65(85-33-43)92-34-46-17-18-47(35-92)95(46)48-38-110-39-48/h11-12,14-15,19,22,25-26,28-29,32-33,46-48,53,55,59-60,64H,17-18,20-21,23-24,27,30-31,34-39H2,1-10H3,(H,86,98)(H,87,101)(H,88,102)(H,89,96)(H,91,99)(H2,103,104,105)/t46?,47?,53-,55-,59+,60+/m0/s1. The van der Waals surface area contributed by atoms with Gasteiger partial charge in [0.15, 0.2) is 0 Å². The van der Waals surface area contributed by atoms with Crippen LogP contribution in [0.3, 0.4) is 0 Å². The lowest BCUT2D eigenvalue weighted by molar-refractivity contribution is -0.221. The average molecular weight is 1630 g/mol. The summed E-state index contributed by atoms with van der Waals surface area (Å²) in [6.07, 6.45) is -13.1. The van der Waals surface area contributed by atoms with Crippen molar-refractivity contribution in [3.8, 4) is 28.8 Å². The number of esters is 2. The number of halogens is 10. The summed E-state index contributed by atoms with van der Waals surface area (Å²) in [5, 5.41) is 12.8. The van der Waals surface area contributed by atoms with Crippen molar-refractivity contribution >= 4 is 55.6 Å². The summed E-state index contributed by atoms with van der Waals surface area (Å²) in [7, 11) is -3.03. The van der Waals surface area contributed by atoms with Crippen molar-refractivity contribution in [2.45, 2.75) is 172 Å². The molecule has 2 aromatic heterocycles. The molecule has 4 aliphatic rings. The first-order valence-electron chi connectivity index (χ1n) is 35.4. The van der Waals surface area contributed by atoms with Gasteiger partial charge in [-0.1, -0.05) is 43.9 Å². The number of hydrazine groups is 1. The summed E-state index contributed by atoms with van der Waals surface area (Å²) < 4.78 is 202. The van der Waals surface area contributed by atoms with Crippen molar-refractivity contribution < 1.29 is 125 Å². The highest BCUT2D eigenvalue weighted by molar-refractivity contribution is 7.46. The summed E-state index contributed by atoms with van der Waals surface area (Å²) in [5.41, 5.74) is -9.43. The summed E-state index contributed by atoms with van der Waals surface area (Å²) in [5.74, 6) is -4.07. The SMILES string of the molecule is COC(=O)N[C@H](C(=O)N[C@@H](Cc1ccc(C#Cc2cnc(N3CC4CCC(C3)N4C3COC3)nc2)cc1)[C@H](CN(Cc1c(F)cc(-c2ccn(C(F)F)n2)cc1F)NC(=O)[C@@H](NC(=O)OC)C(C)(C)C(F)(F)F)OC(=O)CC(C)(C)c1c(CC(=O)NC2(C(=O)OC)CCOCC2)cc(C)cc1OP(=O)(O)O)C(C)(C)C(F)(F)F. The van der Waals surface area contributed by atoms with Crippen molar-refractivity contribution in [3.05, 3.63) is 124 Å². The first-order valence-corrected chi connectivity index (χ1v) is 37.0. The highest BCUT2D eigenvalue weighted by atomic mass is 31.2. The smallest absolute Gasteiger partial charge is 0.467 e. The van der Waals surface area contributed by atoms with Crippen LogP contribution in [0.2, 0.25) is 0 Å². The number of methoxy groups -OCH3 is 3. The molecule has 113 heavy (non-hydrogen) atoms. The molecule has 9 rings (SSSR count). The number of aryl methyl sites for hydroxylation is 1. The number of phosphoric acid groups is 1. The van der Waals surface area contributed by atoms with Crippen LogP contribution < -0.4 is 36.1 Å². The van der Waals surface area contributed by atoms with Crippen LogP contribution in [-0.2, 0) is 81.8 Å². The van der Waals surface area contributed by atoms with Gasteiger partial charge in [-0.3, -0.25) is 39.3 Å². The van der Waals surface area contributed by atoms with Gasteiger partial charge in [-0.25, -0.2) is 47.4 Å². The molecule has 5 amide bonds. The number of alkyl carbamates (subject to hydrolysis) is 2. The third-order valence-electron chi connectivity index (χ3n) is 20.4. The van der Waals surface area contributed by atoms with Crippen LogP contribution in [-0.4, -0.2) is 209 Å². The Kier molecular flexibility index (Phi) is 27.3. The Morgan fingerprint density at radius 2 is 1.31 bits per heavy atom. The molecule has 29 nitrogen and oxygen atoms in total. The van der Waals surface area contributed by atoms with Gasteiger partial charge in [0.25, 0.3) is 5.91 Å². The number of carbonyl (C=O) groups is 7. The lowest BCUT2D eigenvalue weighted by atomic mass is 9.77. The third-order valence-corrected chi connectivity index (χ3v) is 20.8. The molecule has 2 bridgehead atoms. The van der Waals surface area contributed by atoms with Crippen LogP contribution in [0.25, 0.3) is 11.3 Å². The number of ether oxygens (including phenoxy) is 6. The van der Waals surface area contributed by atoms with Crippen LogP contribution in [0.15, 0.2) is 73.2 Å². The van der Waals surface area contributed by atoms with E-state index < -0.39 is 181 Å². The van der Waals surface area contributed by atoms with Gasteiger partial charge >= 0.3 is 50.8 Å². The molecule has 40 heteroatoms. The number of aromatic nitrogens is 4. The van der Waals surface area contributed by atoms with Gasteiger partial charge in [-0.2, -0.15) is 40.2 Å². The second kappa shape index (κ2) is 35.4. The molecule has 5 aromatic rings. The van der Waals surface area contributed by atoms with E-state index in [1.165, 1.54) is 63.5 Å². The maximum absolute atomic E-state index is 16.9. The maximum Gasteiger partial charge on any atom is 0.524 e. The largest absolute Gasteiger partial charge is 0.524 e. The highest BCUT2D eigenvalue weighted by Gasteiger charge is 2.58. The van der Waals surface area contributed by atoms with Gasteiger partial charge in [0.2, 0.25) is 17.8 Å². The molecule has 6 heterocycles. The molecule has 4 fully saturated rings. The van der Waals surface area contributed by atoms with E-state index in [0.717, 1.165) is 52.5 Å². The number of nitrogens with zero attached hydrogens (tertiary/aromatic N) is 7. The summed E-state index contributed by atoms with van der Waals surface area (Å²) in [6.45, 7) is 2.83. The van der Waals surface area contributed by atoms with Gasteiger partial charge in [-0.05, 0) is 107 Å². The van der Waals surface area contributed by atoms with Crippen molar-refractivity contribution in [2.75, 3.05) is 72.3 Å². The predicted molar refractivity (Wildman–Crippen MR) is 379 cm³/mol. The molecule has 0 radical (unpaired) electrons. The Morgan fingerprint density at radius 3 is 1.82 bits per heavy atom. The monoisotopic (exact) mass is 1620 g/mol. The van der Waals surface area contributed by atoms with E-state index >= 15 is 44.7 Å². The van der Waals surface area contributed by atoms with Crippen LogP contribution in [0.5, 0.6) is 5.75 Å². The number of phosphoric ester groups is 1.